The number of alkyl halides is 3. The van der Waals surface area contributed by atoms with Crippen LogP contribution in [0.2, 0.25) is 0 Å². The molecule has 0 amide bonds. The van der Waals surface area contributed by atoms with Crippen molar-refractivity contribution in [3.63, 3.8) is 0 Å². The highest BCUT2D eigenvalue weighted by Crippen LogP contribution is 2.59. The van der Waals surface area contributed by atoms with Crippen LogP contribution in [0.15, 0.2) is 0 Å². The first-order valence-electron chi connectivity index (χ1n) is 7.00. The average molecular weight is 364 g/mol. The van der Waals surface area contributed by atoms with Crippen LogP contribution in [0.4, 0.5) is 13.2 Å². The van der Waals surface area contributed by atoms with Gasteiger partial charge < -0.3 is 0 Å². The van der Waals surface area contributed by atoms with Gasteiger partial charge in [0.1, 0.15) is 5.78 Å². The van der Waals surface area contributed by atoms with Crippen LogP contribution in [0.25, 0.3) is 0 Å². The SMILES string of the molecule is CC(C)(C)S(C)(CC(=O)C1CCCC1)OS(=O)(=O)C(F)(F)F. The molecule has 0 bridgehead atoms. The molecule has 0 saturated heterocycles. The Labute approximate surface area is 131 Å². The second-order valence-electron chi connectivity index (χ2n) is 6.68. The smallest absolute Gasteiger partial charge is 0.298 e. The molecule has 1 aliphatic carbocycles. The summed E-state index contributed by atoms with van der Waals surface area (Å²) < 4.78 is 64.3. The highest BCUT2D eigenvalue weighted by atomic mass is 32.3. The predicted octanol–water partition coefficient (Wildman–Crippen LogP) is 3.76. The maximum absolute atomic E-state index is 12.6. The van der Waals surface area contributed by atoms with E-state index in [1.54, 1.807) is 20.8 Å². The molecular formula is C13H23F3O4S2. The standard InChI is InChI=1S/C13H23F3O4S2/c1-12(2,3)21(4,20-22(18,19)13(14,15)16)9-11(17)10-7-5-6-8-10/h10H,5-9H2,1-4H3. The molecule has 1 saturated carbocycles. The normalized spacial score (nSPS) is 22.3. The van der Waals surface area contributed by atoms with Crippen molar-refractivity contribution in [3.8, 4) is 0 Å². The molecule has 132 valence electrons. The van der Waals surface area contributed by atoms with Crippen molar-refractivity contribution in [2.24, 2.45) is 5.92 Å². The number of carbonyl (C=O) groups is 1. The van der Waals surface area contributed by atoms with Crippen LogP contribution in [-0.4, -0.2) is 36.5 Å². The van der Waals surface area contributed by atoms with Crippen LogP contribution in [0.3, 0.4) is 0 Å². The number of halogens is 3. The Morgan fingerprint density at radius 2 is 1.59 bits per heavy atom. The van der Waals surface area contributed by atoms with Gasteiger partial charge in [-0.3, -0.25) is 4.79 Å². The molecule has 0 spiro atoms. The van der Waals surface area contributed by atoms with E-state index in [4.69, 9.17) is 0 Å². The minimum Gasteiger partial charge on any atom is -0.298 e. The molecule has 0 aliphatic heterocycles. The van der Waals surface area contributed by atoms with Crippen LogP contribution in [-0.2, 0) is 18.5 Å². The van der Waals surface area contributed by atoms with E-state index in [2.05, 4.69) is 3.63 Å². The lowest BCUT2D eigenvalue weighted by atomic mass is 10.0. The Morgan fingerprint density at radius 3 is 1.95 bits per heavy atom. The van der Waals surface area contributed by atoms with Crippen molar-refractivity contribution < 1.29 is 30.0 Å². The van der Waals surface area contributed by atoms with Crippen molar-refractivity contribution in [3.05, 3.63) is 0 Å². The topological polar surface area (TPSA) is 60.4 Å². The molecule has 0 aromatic carbocycles. The molecule has 9 heteroatoms. The zero-order valence-electron chi connectivity index (χ0n) is 13.2. The molecule has 1 unspecified atom stereocenters. The van der Waals surface area contributed by atoms with E-state index in [0.717, 1.165) is 12.8 Å². The number of hydrogen-bond acceptors (Lipinski definition) is 4. The van der Waals surface area contributed by atoms with Crippen molar-refractivity contribution in [1.82, 2.24) is 0 Å². The van der Waals surface area contributed by atoms with Gasteiger partial charge in [0.2, 0.25) is 0 Å². The van der Waals surface area contributed by atoms with Gasteiger partial charge >= 0.3 is 15.6 Å². The number of rotatable bonds is 5. The number of carbonyl (C=O) groups excluding carboxylic acids is 1. The summed E-state index contributed by atoms with van der Waals surface area (Å²) in [4.78, 5) is 12.3. The minimum absolute atomic E-state index is 0.189. The molecule has 1 atom stereocenters. The fraction of sp³-hybridized carbons (Fsp3) is 0.923. The zero-order valence-corrected chi connectivity index (χ0v) is 14.8. The fourth-order valence-corrected chi connectivity index (χ4v) is 6.33. The maximum atomic E-state index is 12.6. The third-order valence-corrected chi connectivity index (χ3v) is 9.96. The van der Waals surface area contributed by atoms with Crippen molar-refractivity contribution in [2.75, 3.05) is 12.0 Å². The summed E-state index contributed by atoms with van der Waals surface area (Å²) in [5, 5.41) is 0. The molecule has 0 N–H and O–H groups in total. The van der Waals surface area contributed by atoms with Crippen LogP contribution < -0.4 is 0 Å². The van der Waals surface area contributed by atoms with Crippen molar-refractivity contribution in [2.45, 2.75) is 56.7 Å². The molecule has 0 heterocycles. The molecular weight excluding hydrogens is 341 g/mol. The van der Waals surface area contributed by atoms with Crippen LogP contribution >= 0.6 is 10.3 Å². The van der Waals surface area contributed by atoms with Gasteiger partial charge in [-0.25, -0.2) is 3.63 Å². The Morgan fingerprint density at radius 1 is 1.14 bits per heavy atom. The maximum Gasteiger partial charge on any atom is 0.523 e. The Hall–Kier alpha value is -0.280. The van der Waals surface area contributed by atoms with E-state index >= 15 is 0 Å². The lowest BCUT2D eigenvalue weighted by molar-refractivity contribution is -0.120. The molecule has 0 aromatic heterocycles. The molecule has 1 fully saturated rings. The Kier molecular flexibility index (Phi) is 5.67. The average Bonchev–Trinajstić information content (AvgIpc) is 2.77. The van der Waals surface area contributed by atoms with Crippen molar-refractivity contribution in [1.29, 1.82) is 0 Å². The van der Waals surface area contributed by atoms with Gasteiger partial charge in [0.15, 0.2) is 0 Å². The zero-order chi connectivity index (χ0) is 17.4. The second-order valence-corrected chi connectivity index (χ2v) is 12.1. The lowest BCUT2D eigenvalue weighted by Gasteiger charge is -2.45. The molecule has 1 aliphatic rings. The first-order chi connectivity index (χ1) is 9.70. The summed E-state index contributed by atoms with van der Waals surface area (Å²) in [6.45, 7) is 4.78. The molecule has 1 rings (SSSR count). The molecule has 22 heavy (non-hydrogen) atoms. The molecule has 0 radical (unpaired) electrons. The van der Waals surface area contributed by atoms with Gasteiger partial charge in [0.05, 0.1) is 5.75 Å². The largest absolute Gasteiger partial charge is 0.523 e. The van der Waals surface area contributed by atoms with E-state index in [9.17, 15) is 26.4 Å². The van der Waals surface area contributed by atoms with Gasteiger partial charge in [0.25, 0.3) is 0 Å². The molecule has 0 aromatic rings. The Balaban J connectivity index is 3.03. The van der Waals surface area contributed by atoms with E-state index < -0.39 is 30.7 Å². The predicted molar refractivity (Wildman–Crippen MR) is 81.2 cm³/mol. The van der Waals surface area contributed by atoms with E-state index in [0.29, 0.717) is 12.8 Å². The first kappa shape index (κ1) is 19.8. The summed E-state index contributed by atoms with van der Waals surface area (Å²) in [6, 6.07) is 0. The highest BCUT2D eigenvalue weighted by Gasteiger charge is 2.52. The second kappa shape index (κ2) is 6.32. The van der Waals surface area contributed by atoms with Crippen molar-refractivity contribution >= 4 is 26.2 Å². The third-order valence-electron chi connectivity index (χ3n) is 4.05. The number of hydrogen-bond donors (Lipinski definition) is 0. The summed E-state index contributed by atoms with van der Waals surface area (Å²) in [5.41, 5.74) is -5.48. The number of Topliss-reactive ketones (excluding diaryl/α,β-unsaturated/α-hetero) is 1. The number of ketones is 1. The van der Waals surface area contributed by atoms with Crippen LogP contribution in [0, 0.1) is 5.92 Å². The van der Waals surface area contributed by atoms with E-state index in [-0.39, 0.29) is 17.5 Å². The summed E-state index contributed by atoms with van der Waals surface area (Å²) in [6.07, 6.45) is 4.59. The van der Waals surface area contributed by atoms with Gasteiger partial charge in [-0.2, -0.15) is 21.6 Å². The first-order valence-corrected chi connectivity index (χ1v) is 10.5. The summed E-state index contributed by atoms with van der Waals surface area (Å²) >= 11 is 0. The summed E-state index contributed by atoms with van der Waals surface area (Å²) in [7, 11) is -8.51. The fourth-order valence-electron chi connectivity index (χ4n) is 2.22. The molecule has 4 nitrogen and oxygen atoms in total. The van der Waals surface area contributed by atoms with Gasteiger partial charge in [-0.05, 0) is 19.1 Å². The summed E-state index contributed by atoms with van der Waals surface area (Å²) in [5.74, 6) is -0.648. The highest BCUT2D eigenvalue weighted by molar-refractivity contribution is 8.33. The van der Waals surface area contributed by atoms with Gasteiger partial charge in [0, 0.05) is 10.7 Å². The van der Waals surface area contributed by atoms with Crippen LogP contribution in [0.5, 0.6) is 0 Å². The van der Waals surface area contributed by atoms with Gasteiger partial charge in [-0.1, -0.05) is 33.6 Å². The Bertz CT molecular complexity index is 516. The van der Waals surface area contributed by atoms with E-state index in [1.165, 1.54) is 6.26 Å². The van der Waals surface area contributed by atoms with E-state index in [1.807, 2.05) is 0 Å². The van der Waals surface area contributed by atoms with Gasteiger partial charge in [-0.15, -0.1) is 10.3 Å². The monoisotopic (exact) mass is 364 g/mol. The quantitative estimate of drug-likeness (QED) is 0.697. The minimum atomic E-state index is -5.72. The lowest BCUT2D eigenvalue weighted by Crippen LogP contribution is -2.37. The van der Waals surface area contributed by atoms with Crippen LogP contribution in [0.1, 0.15) is 46.5 Å². The third kappa shape index (κ3) is 4.38.